The molecule has 0 spiro atoms. The SMILES string of the molecule is CNC(=O)c1cccc(Nc2ccc3nnc(Cc4ccc(O)c(Cl)c4)n3n2)c1. The van der Waals surface area contributed by atoms with E-state index in [0.29, 0.717) is 29.3 Å². The van der Waals surface area contributed by atoms with Gasteiger partial charge in [0.15, 0.2) is 17.3 Å². The number of nitrogens with zero attached hydrogens (tertiary/aromatic N) is 4. The van der Waals surface area contributed by atoms with Crippen LogP contribution in [0, 0.1) is 0 Å². The van der Waals surface area contributed by atoms with Crippen LogP contribution in [-0.4, -0.2) is 37.9 Å². The van der Waals surface area contributed by atoms with Crippen molar-refractivity contribution in [3.63, 3.8) is 0 Å². The second-order valence-corrected chi connectivity index (χ2v) is 6.76. The summed E-state index contributed by atoms with van der Waals surface area (Å²) in [7, 11) is 1.59. The van der Waals surface area contributed by atoms with Crippen molar-refractivity contribution < 1.29 is 9.90 Å². The van der Waals surface area contributed by atoms with Crippen LogP contribution < -0.4 is 10.6 Å². The highest BCUT2D eigenvalue weighted by Crippen LogP contribution is 2.25. The number of carbonyl (C=O) groups excluding carboxylic acids is 1. The summed E-state index contributed by atoms with van der Waals surface area (Å²) >= 11 is 5.99. The van der Waals surface area contributed by atoms with E-state index in [4.69, 9.17) is 11.6 Å². The molecule has 8 nitrogen and oxygen atoms in total. The maximum Gasteiger partial charge on any atom is 0.251 e. The predicted octanol–water partition coefficient (Wildman–Crippen LogP) is 3.18. The Labute approximate surface area is 171 Å². The molecule has 29 heavy (non-hydrogen) atoms. The van der Waals surface area contributed by atoms with Crippen LogP contribution in [0.3, 0.4) is 0 Å². The molecule has 0 radical (unpaired) electrons. The molecule has 0 saturated carbocycles. The number of carbonyl (C=O) groups is 1. The Morgan fingerprint density at radius 2 is 2.00 bits per heavy atom. The van der Waals surface area contributed by atoms with Crippen molar-refractivity contribution >= 4 is 34.7 Å². The van der Waals surface area contributed by atoms with Crippen LogP contribution in [0.25, 0.3) is 5.65 Å². The molecule has 2 aromatic heterocycles. The fourth-order valence-electron chi connectivity index (χ4n) is 2.88. The number of anilines is 2. The molecule has 2 heterocycles. The van der Waals surface area contributed by atoms with Crippen molar-refractivity contribution in [3.05, 3.63) is 76.6 Å². The molecular weight excluding hydrogens is 392 g/mol. The summed E-state index contributed by atoms with van der Waals surface area (Å²) in [6, 6.07) is 15.7. The number of hydrogen-bond donors (Lipinski definition) is 3. The summed E-state index contributed by atoms with van der Waals surface area (Å²) in [5.74, 6) is 1.08. The zero-order valence-electron chi connectivity index (χ0n) is 15.4. The van der Waals surface area contributed by atoms with Crippen LogP contribution in [0.2, 0.25) is 5.02 Å². The number of halogens is 1. The van der Waals surface area contributed by atoms with Gasteiger partial charge in [-0.3, -0.25) is 4.79 Å². The molecule has 0 aliphatic carbocycles. The van der Waals surface area contributed by atoms with Crippen molar-refractivity contribution in [1.82, 2.24) is 25.1 Å². The molecule has 0 unspecified atom stereocenters. The number of benzene rings is 2. The maximum atomic E-state index is 11.8. The lowest BCUT2D eigenvalue weighted by molar-refractivity contribution is 0.0963. The lowest BCUT2D eigenvalue weighted by atomic mass is 10.1. The molecule has 4 rings (SSSR count). The molecule has 1 amide bonds. The molecule has 0 atom stereocenters. The number of fused-ring (bicyclic) bond motifs is 1. The van der Waals surface area contributed by atoms with Gasteiger partial charge in [-0.25, -0.2) is 0 Å². The molecule has 0 fully saturated rings. The lowest BCUT2D eigenvalue weighted by Crippen LogP contribution is -2.17. The number of phenolic OH excluding ortho intramolecular Hbond substituents is 1. The zero-order chi connectivity index (χ0) is 20.4. The summed E-state index contributed by atoms with van der Waals surface area (Å²) in [5.41, 5.74) is 2.76. The van der Waals surface area contributed by atoms with Crippen molar-refractivity contribution in [2.45, 2.75) is 6.42 Å². The number of rotatable bonds is 5. The molecule has 146 valence electrons. The van der Waals surface area contributed by atoms with Gasteiger partial charge in [0, 0.05) is 24.7 Å². The normalized spacial score (nSPS) is 10.8. The first-order valence-electron chi connectivity index (χ1n) is 8.81. The Kier molecular flexibility index (Phi) is 5.01. The largest absolute Gasteiger partial charge is 0.506 e. The summed E-state index contributed by atoms with van der Waals surface area (Å²) < 4.78 is 1.64. The van der Waals surface area contributed by atoms with E-state index in [0.717, 1.165) is 11.3 Å². The third kappa shape index (κ3) is 3.97. The first-order chi connectivity index (χ1) is 14.0. The topological polar surface area (TPSA) is 104 Å². The standard InChI is InChI=1S/C20H17ClN6O2/c1-22-20(29)13-3-2-4-14(11-13)23-17-7-8-18-24-25-19(27(18)26-17)10-12-5-6-16(28)15(21)9-12/h2-9,11,28H,10H2,1H3,(H,22,29)(H,23,26). The van der Waals surface area contributed by atoms with E-state index in [1.165, 1.54) is 0 Å². The van der Waals surface area contributed by atoms with E-state index in [1.807, 2.05) is 6.07 Å². The van der Waals surface area contributed by atoms with E-state index in [2.05, 4.69) is 25.9 Å². The second kappa shape index (κ2) is 7.76. The van der Waals surface area contributed by atoms with Crippen LogP contribution in [0.15, 0.2) is 54.6 Å². The maximum absolute atomic E-state index is 11.8. The molecule has 0 saturated heterocycles. The van der Waals surface area contributed by atoms with Crippen LogP contribution >= 0.6 is 11.6 Å². The predicted molar refractivity (Wildman–Crippen MR) is 110 cm³/mol. The molecule has 9 heteroatoms. The van der Waals surface area contributed by atoms with Gasteiger partial charge in [-0.15, -0.1) is 15.3 Å². The highest BCUT2D eigenvalue weighted by atomic mass is 35.5. The van der Waals surface area contributed by atoms with Gasteiger partial charge in [-0.05, 0) is 48.0 Å². The Balaban J connectivity index is 1.61. The van der Waals surface area contributed by atoms with Crippen LogP contribution in [0.1, 0.15) is 21.7 Å². The summed E-state index contributed by atoms with van der Waals surface area (Å²) in [6.07, 6.45) is 0.448. The fourth-order valence-corrected chi connectivity index (χ4v) is 3.09. The Morgan fingerprint density at radius 1 is 1.14 bits per heavy atom. The molecule has 2 aromatic carbocycles. The van der Waals surface area contributed by atoms with Crippen LogP contribution in [0.5, 0.6) is 5.75 Å². The van der Waals surface area contributed by atoms with Gasteiger partial charge >= 0.3 is 0 Å². The lowest BCUT2D eigenvalue weighted by Gasteiger charge is -2.08. The summed E-state index contributed by atoms with van der Waals surface area (Å²) in [5, 5.41) is 28.6. The van der Waals surface area contributed by atoms with E-state index < -0.39 is 0 Å². The van der Waals surface area contributed by atoms with E-state index in [9.17, 15) is 9.90 Å². The average molecular weight is 409 g/mol. The number of aromatic hydroxyl groups is 1. The minimum absolute atomic E-state index is 0.0325. The third-order valence-corrected chi connectivity index (χ3v) is 4.63. The Hall–Kier alpha value is -3.65. The van der Waals surface area contributed by atoms with Crippen LogP contribution in [-0.2, 0) is 6.42 Å². The number of hydrogen-bond acceptors (Lipinski definition) is 6. The van der Waals surface area contributed by atoms with Crippen molar-refractivity contribution in [2.24, 2.45) is 0 Å². The number of amides is 1. The minimum atomic E-state index is -0.161. The van der Waals surface area contributed by atoms with Crippen molar-refractivity contribution in [2.75, 3.05) is 12.4 Å². The number of phenols is 1. The van der Waals surface area contributed by atoms with Gasteiger partial charge in [0.05, 0.1) is 5.02 Å². The van der Waals surface area contributed by atoms with Gasteiger partial charge < -0.3 is 15.7 Å². The molecule has 0 bridgehead atoms. The quantitative estimate of drug-likeness (QED) is 0.468. The molecular formula is C20H17ClN6O2. The van der Waals surface area contributed by atoms with Gasteiger partial charge in [0.1, 0.15) is 5.75 Å². The van der Waals surface area contributed by atoms with E-state index >= 15 is 0 Å². The summed E-state index contributed by atoms with van der Waals surface area (Å²) in [4.78, 5) is 11.8. The van der Waals surface area contributed by atoms with Crippen molar-refractivity contribution in [3.8, 4) is 5.75 Å². The van der Waals surface area contributed by atoms with Crippen LogP contribution in [0.4, 0.5) is 11.5 Å². The number of nitrogens with one attached hydrogen (secondary N) is 2. The Morgan fingerprint density at radius 3 is 2.79 bits per heavy atom. The third-order valence-electron chi connectivity index (χ3n) is 4.33. The fraction of sp³-hybridized carbons (Fsp3) is 0.100. The number of aromatic nitrogens is 4. The monoisotopic (exact) mass is 408 g/mol. The van der Waals surface area contributed by atoms with Crippen molar-refractivity contribution in [1.29, 1.82) is 0 Å². The zero-order valence-corrected chi connectivity index (χ0v) is 16.2. The van der Waals surface area contributed by atoms with E-state index in [-0.39, 0.29) is 16.7 Å². The average Bonchev–Trinajstić information content (AvgIpc) is 3.12. The van der Waals surface area contributed by atoms with Gasteiger partial charge in [0.2, 0.25) is 0 Å². The first-order valence-corrected chi connectivity index (χ1v) is 9.19. The molecule has 4 aromatic rings. The summed E-state index contributed by atoms with van der Waals surface area (Å²) in [6.45, 7) is 0. The Bertz CT molecular complexity index is 1210. The first kappa shape index (κ1) is 18.7. The highest BCUT2D eigenvalue weighted by Gasteiger charge is 2.11. The molecule has 0 aliphatic rings. The van der Waals surface area contributed by atoms with Gasteiger partial charge in [-0.1, -0.05) is 23.7 Å². The van der Waals surface area contributed by atoms with Gasteiger partial charge in [0.25, 0.3) is 5.91 Å². The minimum Gasteiger partial charge on any atom is -0.506 e. The smallest absolute Gasteiger partial charge is 0.251 e. The second-order valence-electron chi connectivity index (χ2n) is 6.35. The van der Waals surface area contributed by atoms with Gasteiger partial charge in [-0.2, -0.15) is 4.52 Å². The highest BCUT2D eigenvalue weighted by molar-refractivity contribution is 6.32. The molecule has 0 aliphatic heterocycles. The van der Waals surface area contributed by atoms with E-state index in [1.54, 1.807) is 60.1 Å². The molecule has 3 N–H and O–H groups in total.